The Morgan fingerprint density at radius 1 is 1.64 bits per heavy atom. The molecule has 0 N–H and O–H groups in total. The molecule has 0 unspecified atom stereocenters. The summed E-state index contributed by atoms with van der Waals surface area (Å²) in [6.45, 7) is 1.99. The number of hydrogen-bond acceptors (Lipinski definition) is 3. The van der Waals surface area contributed by atoms with Crippen molar-refractivity contribution in [1.29, 1.82) is 0 Å². The van der Waals surface area contributed by atoms with Gasteiger partial charge in [-0.2, -0.15) is 0 Å². The Hall–Kier alpha value is -1.38. The van der Waals surface area contributed by atoms with Gasteiger partial charge in [-0.1, -0.05) is 6.08 Å². The van der Waals surface area contributed by atoms with Crippen molar-refractivity contribution in [2.24, 2.45) is 0 Å². The molecule has 0 spiro atoms. The molecular weight excluding hydrogens is 144 g/mol. The van der Waals surface area contributed by atoms with E-state index in [4.69, 9.17) is 0 Å². The number of esters is 1. The first-order valence-corrected chi connectivity index (χ1v) is 3.35. The van der Waals surface area contributed by atoms with Crippen LogP contribution in [0, 0.1) is 0 Å². The molecule has 0 aromatic heterocycles. The Morgan fingerprint density at radius 3 is 2.82 bits per heavy atom. The van der Waals surface area contributed by atoms with Crippen LogP contribution < -0.4 is 0 Å². The monoisotopic (exact) mass is 152 g/mol. The van der Waals surface area contributed by atoms with Crippen LogP contribution in [-0.4, -0.2) is 18.4 Å². The minimum Gasteiger partial charge on any atom is -0.462 e. The summed E-state index contributed by atoms with van der Waals surface area (Å²) in [5, 5.41) is 0. The number of allylic oxidation sites excluding steroid dienone is 3. The van der Waals surface area contributed by atoms with E-state index in [0.717, 1.165) is 0 Å². The molecule has 1 rings (SSSR count). The fourth-order valence-electron chi connectivity index (χ4n) is 0.781. The predicted molar refractivity (Wildman–Crippen MR) is 38.9 cm³/mol. The maximum Gasteiger partial charge on any atom is 0.342 e. The van der Waals surface area contributed by atoms with E-state index in [9.17, 15) is 9.59 Å². The highest BCUT2D eigenvalue weighted by Crippen LogP contribution is 2.07. The van der Waals surface area contributed by atoms with E-state index >= 15 is 0 Å². The fraction of sp³-hybridized carbons (Fsp3) is 0.250. The van der Waals surface area contributed by atoms with Crippen LogP contribution in [-0.2, 0) is 14.3 Å². The van der Waals surface area contributed by atoms with Crippen molar-refractivity contribution in [3.8, 4) is 0 Å². The van der Waals surface area contributed by atoms with Crippen LogP contribution in [0.4, 0.5) is 0 Å². The van der Waals surface area contributed by atoms with Crippen LogP contribution >= 0.6 is 0 Å². The highest BCUT2D eigenvalue weighted by Gasteiger charge is 2.18. The molecule has 0 bridgehead atoms. The van der Waals surface area contributed by atoms with Crippen LogP contribution in [0.25, 0.3) is 0 Å². The van der Waals surface area contributed by atoms with E-state index in [0.29, 0.717) is 6.61 Å². The molecule has 58 valence electrons. The summed E-state index contributed by atoms with van der Waals surface area (Å²) in [5.41, 5.74) is 0.117. The molecule has 0 heterocycles. The number of hydrogen-bond donors (Lipinski definition) is 0. The van der Waals surface area contributed by atoms with Crippen LogP contribution in [0.15, 0.2) is 23.8 Å². The van der Waals surface area contributed by atoms with E-state index in [2.05, 4.69) is 4.74 Å². The maximum atomic E-state index is 10.9. The third-order valence-electron chi connectivity index (χ3n) is 1.27. The molecule has 0 radical (unpaired) electrons. The molecule has 0 fully saturated rings. The standard InChI is InChI=1S/C8H8O3/c1-2-11-8(10)6-4-3-5-7(6)9/h3-5H,2H2,1H3. The average Bonchev–Trinajstić information content (AvgIpc) is 2.36. The van der Waals surface area contributed by atoms with E-state index in [1.54, 1.807) is 6.92 Å². The third-order valence-corrected chi connectivity index (χ3v) is 1.27. The van der Waals surface area contributed by atoms with Gasteiger partial charge in [0, 0.05) is 0 Å². The van der Waals surface area contributed by atoms with Crippen molar-refractivity contribution in [2.45, 2.75) is 6.92 Å². The summed E-state index contributed by atoms with van der Waals surface area (Å²) in [4.78, 5) is 21.7. The zero-order valence-electron chi connectivity index (χ0n) is 6.16. The molecule has 3 nitrogen and oxygen atoms in total. The molecule has 1 aliphatic carbocycles. The summed E-state index contributed by atoms with van der Waals surface area (Å²) in [6, 6.07) is 0. The van der Waals surface area contributed by atoms with E-state index < -0.39 is 5.97 Å². The lowest BCUT2D eigenvalue weighted by atomic mass is 10.2. The largest absolute Gasteiger partial charge is 0.462 e. The van der Waals surface area contributed by atoms with Crippen molar-refractivity contribution < 1.29 is 14.3 Å². The smallest absolute Gasteiger partial charge is 0.342 e. The Kier molecular flexibility index (Phi) is 2.21. The topological polar surface area (TPSA) is 43.4 Å². The molecule has 0 amide bonds. The number of carbonyl (C=O) groups excluding carboxylic acids is 2. The number of rotatable bonds is 2. The lowest BCUT2D eigenvalue weighted by molar-refractivity contribution is -0.139. The summed E-state index contributed by atoms with van der Waals surface area (Å²) in [5.74, 6) is -0.814. The molecular formula is C8H8O3. The van der Waals surface area contributed by atoms with Gasteiger partial charge in [0.25, 0.3) is 0 Å². The zero-order chi connectivity index (χ0) is 8.27. The number of ether oxygens (including phenoxy) is 1. The summed E-state index contributed by atoms with van der Waals surface area (Å²) < 4.78 is 4.63. The molecule has 0 saturated carbocycles. The van der Waals surface area contributed by atoms with Crippen molar-refractivity contribution in [3.05, 3.63) is 23.8 Å². The third kappa shape index (κ3) is 1.55. The van der Waals surface area contributed by atoms with Crippen LogP contribution in [0.1, 0.15) is 6.92 Å². The summed E-state index contributed by atoms with van der Waals surface area (Å²) in [6.07, 6.45) is 4.33. The minimum absolute atomic E-state index is 0.117. The van der Waals surface area contributed by atoms with Gasteiger partial charge in [-0.15, -0.1) is 0 Å². The highest BCUT2D eigenvalue weighted by molar-refractivity contribution is 6.23. The van der Waals surface area contributed by atoms with Gasteiger partial charge in [-0.3, -0.25) is 4.79 Å². The van der Waals surface area contributed by atoms with Crippen molar-refractivity contribution in [1.82, 2.24) is 0 Å². The number of carbonyl (C=O) groups is 2. The van der Waals surface area contributed by atoms with Gasteiger partial charge >= 0.3 is 5.97 Å². The SMILES string of the molecule is CCOC(=O)C1=CC=CC1=O. The zero-order valence-corrected chi connectivity index (χ0v) is 6.16. The second-order valence-corrected chi connectivity index (χ2v) is 2.02. The summed E-state index contributed by atoms with van der Waals surface area (Å²) in [7, 11) is 0. The van der Waals surface area contributed by atoms with Crippen molar-refractivity contribution >= 4 is 11.8 Å². The first kappa shape index (κ1) is 7.72. The summed E-state index contributed by atoms with van der Waals surface area (Å²) >= 11 is 0. The average molecular weight is 152 g/mol. The quantitative estimate of drug-likeness (QED) is 0.430. The Balaban J connectivity index is 2.63. The van der Waals surface area contributed by atoms with E-state index in [1.807, 2.05) is 0 Å². The molecule has 3 heteroatoms. The van der Waals surface area contributed by atoms with Gasteiger partial charge in [0.1, 0.15) is 5.57 Å². The normalized spacial score (nSPS) is 15.0. The van der Waals surface area contributed by atoms with E-state index in [-0.39, 0.29) is 11.4 Å². The molecule has 0 aromatic rings. The molecule has 11 heavy (non-hydrogen) atoms. The van der Waals surface area contributed by atoms with Gasteiger partial charge in [0.05, 0.1) is 6.61 Å². The maximum absolute atomic E-state index is 10.9. The van der Waals surface area contributed by atoms with E-state index in [1.165, 1.54) is 18.2 Å². The first-order chi connectivity index (χ1) is 5.25. The van der Waals surface area contributed by atoms with Crippen LogP contribution in [0.5, 0.6) is 0 Å². The minimum atomic E-state index is -0.539. The van der Waals surface area contributed by atoms with Crippen LogP contribution in [0.3, 0.4) is 0 Å². The number of ketones is 1. The molecule has 1 aliphatic rings. The van der Waals surface area contributed by atoms with Gasteiger partial charge in [-0.05, 0) is 19.1 Å². The van der Waals surface area contributed by atoms with Gasteiger partial charge in [-0.25, -0.2) is 4.79 Å². The molecule has 0 aliphatic heterocycles. The first-order valence-electron chi connectivity index (χ1n) is 3.35. The van der Waals surface area contributed by atoms with Gasteiger partial charge in [0.15, 0.2) is 5.78 Å². The lowest BCUT2D eigenvalue weighted by Crippen LogP contribution is -2.11. The molecule has 0 saturated heterocycles. The fourth-order valence-corrected chi connectivity index (χ4v) is 0.781. The van der Waals surface area contributed by atoms with Gasteiger partial charge in [0.2, 0.25) is 0 Å². The van der Waals surface area contributed by atoms with Crippen molar-refractivity contribution in [2.75, 3.05) is 6.61 Å². The second kappa shape index (κ2) is 3.14. The van der Waals surface area contributed by atoms with Crippen LogP contribution in [0.2, 0.25) is 0 Å². The Morgan fingerprint density at radius 2 is 2.36 bits per heavy atom. The lowest BCUT2D eigenvalue weighted by Gasteiger charge is -1.98. The molecule has 0 atom stereocenters. The Labute approximate surface area is 64.3 Å². The highest BCUT2D eigenvalue weighted by atomic mass is 16.5. The van der Waals surface area contributed by atoms with Gasteiger partial charge < -0.3 is 4.74 Å². The predicted octanol–water partition coefficient (Wildman–Crippen LogP) is 0.615. The second-order valence-electron chi connectivity index (χ2n) is 2.02. The van der Waals surface area contributed by atoms with Crippen molar-refractivity contribution in [3.63, 3.8) is 0 Å². The Bertz CT molecular complexity index is 248. The molecule has 0 aromatic carbocycles.